The van der Waals surface area contributed by atoms with Crippen LogP contribution in [0.3, 0.4) is 0 Å². The van der Waals surface area contributed by atoms with Crippen LogP contribution in [-0.4, -0.2) is 39.6 Å². The predicted molar refractivity (Wildman–Crippen MR) is 71.6 cm³/mol. The zero-order chi connectivity index (χ0) is 14.3. The Labute approximate surface area is 113 Å². The van der Waals surface area contributed by atoms with E-state index in [4.69, 9.17) is 14.2 Å². The van der Waals surface area contributed by atoms with Crippen molar-refractivity contribution < 1.29 is 19.0 Å². The van der Waals surface area contributed by atoms with Crippen molar-refractivity contribution in [2.24, 2.45) is 0 Å². The van der Waals surface area contributed by atoms with Gasteiger partial charge in [-0.15, -0.1) is 0 Å². The molecular formula is C14H21NO4. The van der Waals surface area contributed by atoms with E-state index in [1.54, 1.807) is 0 Å². The van der Waals surface area contributed by atoms with Crippen LogP contribution in [0.4, 0.5) is 0 Å². The average molecular weight is 267 g/mol. The smallest absolute Gasteiger partial charge is 0.254 e. The summed E-state index contributed by atoms with van der Waals surface area (Å²) in [6.07, 6.45) is -1.13. The number of rotatable bonds is 7. The number of hydrogen-bond donors (Lipinski definition) is 1. The fraction of sp³-hybridized carbons (Fsp3) is 0.500. The highest BCUT2D eigenvalue weighted by atomic mass is 16.7. The molecule has 0 aromatic heterocycles. The van der Waals surface area contributed by atoms with E-state index in [0.29, 0.717) is 0 Å². The largest absolute Gasteiger partial charge is 0.367 e. The number of carbonyl (C=O) groups is 1. The fourth-order valence-corrected chi connectivity index (χ4v) is 1.89. The van der Waals surface area contributed by atoms with Gasteiger partial charge in [0.05, 0.1) is 6.04 Å². The third kappa shape index (κ3) is 4.31. The van der Waals surface area contributed by atoms with Crippen LogP contribution in [0.25, 0.3) is 0 Å². The van der Waals surface area contributed by atoms with Crippen LogP contribution in [0.15, 0.2) is 30.3 Å². The number of hydrogen-bond acceptors (Lipinski definition) is 4. The third-order valence-electron chi connectivity index (χ3n) is 2.82. The highest BCUT2D eigenvalue weighted by Crippen LogP contribution is 2.16. The van der Waals surface area contributed by atoms with E-state index in [9.17, 15) is 4.79 Å². The van der Waals surface area contributed by atoms with Gasteiger partial charge in [0.2, 0.25) is 0 Å². The van der Waals surface area contributed by atoms with E-state index >= 15 is 0 Å². The number of ether oxygens (including phenoxy) is 3. The highest BCUT2D eigenvalue weighted by Gasteiger charge is 2.24. The average Bonchev–Trinajstić information content (AvgIpc) is 2.42. The molecule has 0 heterocycles. The first-order valence-corrected chi connectivity index (χ1v) is 6.07. The lowest BCUT2D eigenvalue weighted by molar-refractivity contribution is -0.143. The molecule has 0 aliphatic carbocycles. The maximum atomic E-state index is 12.2. The molecule has 1 amide bonds. The molecule has 2 atom stereocenters. The summed E-state index contributed by atoms with van der Waals surface area (Å²) in [5.74, 6) is -0.222. The van der Waals surface area contributed by atoms with E-state index in [1.165, 1.54) is 21.3 Å². The van der Waals surface area contributed by atoms with Crippen molar-refractivity contribution in [3.8, 4) is 0 Å². The summed E-state index contributed by atoms with van der Waals surface area (Å²) in [6.45, 7) is 1.81. The molecule has 19 heavy (non-hydrogen) atoms. The molecule has 0 bridgehead atoms. The van der Waals surface area contributed by atoms with Crippen LogP contribution in [0.5, 0.6) is 0 Å². The SMILES string of the molecule is COC(C(=O)NC(C)C(OC)OC)c1ccccc1. The van der Waals surface area contributed by atoms with Gasteiger partial charge in [-0.25, -0.2) is 0 Å². The number of amides is 1. The first-order valence-electron chi connectivity index (χ1n) is 6.07. The molecule has 2 unspecified atom stereocenters. The number of methoxy groups -OCH3 is 3. The first kappa shape index (κ1) is 15.6. The molecule has 0 aliphatic heterocycles. The van der Waals surface area contributed by atoms with Gasteiger partial charge in [-0.05, 0) is 12.5 Å². The van der Waals surface area contributed by atoms with Gasteiger partial charge in [0.25, 0.3) is 5.91 Å². The van der Waals surface area contributed by atoms with Crippen LogP contribution < -0.4 is 5.32 Å². The highest BCUT2D eigenvalue weighted by molar-refractivity contribution is 5.82. The Balaban J connectivity index is 2.70. The van der Waals surface area contributed by atoms with Crippen molar-refractivity contribution in [3.63, 3.8) is 0 Å². The molecule has 0 saturated carbocycles. The Morgan fingerprint density at radius 2 is 1.63 bits per heavy atom. The van der Waals surface area contributed by atoms with Gasteiger partial charge in [0.15, 0.2) is 12.4 Å². The van der Waals surface area contributed by atoms with Gasteiger partial charge < -0.3 is 19.5 Å². The molecule has 1 aromatic rings. The normalized spacial score (nSPS) is 14.2. The van der Waals surface area contributed by atoms with Gasteiger partial charge in [-0.3, -0.25) is 4.79 Å². The Morgan fingerprint density at radius 1 is 1.05 bits per heavy atom. The van der Waals surface area contributed by atoms with Crippen LogP contribution >= 0.6 is 0 Å². The van der Waals surface area contributed by atoms with Crippen LogP contribution in [0.1, 0.15) is 18.6 Å². The van der Waals surface area contributed by atoms with Gasteiger partial charge >= 0.3 is 0 Å². The standard InChI is InChI=1S/C14H21NO4/c1-10(14(18-3)19-4)15-13(16)12(17-2)11-8-6-5-7-9-11/h5-10,12,14H,1-4H3,(H,15,16). The molecule has 0 saturated heterocycles. The van der Waals surface area contributed by atoms with Crippen molar-refractivity contribution in [1.29, 1.82) is 0 Å². The molecule has 1 aromatic carbocycles. The maximum Gasteiger partial charge on any atom is 0.254 e. The molecule has 5 nitrogen and oxygen atoms in total. The van der Waals surface area contributed by atoms with Crippen LogP contribution in [-0.2, 0) is 19.0 Å². The number of carbonyl (C=O) groups excluding carboxylic acids is 1. The molecule has 5 heteroatoms. The van der Waals surface area contributed by atoms with Gasteiger partial charge in [0, 0.05) is 21.3 Å². The first-order chi connectivity index (χ1) is 9.13. The lowest BCUT2D eigenvalue weighted by Crippen LogP contribution is -2.45. The summed E-state index contributed by atoms with van der Waals surface area (Å²) in [4.78, 5) is 12.2. The van der Waals surface area contributed by atoms with E-state index in [2.05, 4.69) is 5.32 Å². The Kier molecular flexibility index (Phi) is 6.49. The molecule has 0 radical (unpaired) electrons. The van der Waals surface area contributed by atoms with Crippen molar-refractivity contribution in [1.82, 2.24) is 5.32 Å². The zero-order valence-electron chi connectivity index (χ0n) is 11.8. The quantitative estimate of drug-likeness (QED) is 0.761. The summed E-state index contributed by atoms with van der Waals surface area (Å²) < 4.78 is 15.5. The molecule has 106 valence electrons. The minimum atomic E-state index is -0.641. The summed E-state index contributed by atoms with van der Waals surface area (Å²) >= 11 is 0. The van der Waals surface area contributed by atoms with E-state index in [0.717, 1.165) is 5.56 Å². The van der Waals surface area contributed by atoms with E-state index < -0.39 is 12.4 Å². The van der Waals surface area contributed by atoms with Gasteiger partial charge in [-0.1, -0.05) is 30.3 Å². The summed E-state index contributed by atoms with van der Waals surface area (Å²) in [6, 6.07) is 9.05. The maximum absolute atomic E-state index is 12.2. The van der Waals surface area contributed by atoms with E-state index in [-0.39, 0.29) is 11.9 Å². The van der Waals surface area contributed by atoms with Crippen molar-refractivity contribution in [2.45, 2.75) is 25.4 Å². The topological polar surface area (TPSA) is 56.8 Å². The number of benzene rings is 1. The minimum absolute atomic E-state index is 0.222. The molecule has 1 N–H and O–H groups in total. The second kappa shape index (κ2) is 7.89. The lowest BCUT2D eigenvalue weighted by atomic mass is 10.1. The Hall–Kier alpha value is -1.43. The molecule has 1 rings (SSSR count). The van der Waals surface area contributed by atoms with Crippen LogP contribution in [0, 0.1) is 0 Å². The van der Waals surface area contributed by atoms with Crippen molar-refractivity contribution in [2.75, 3.05) is 21.3 Å². The molecule has 0 fully saturated rings. The Morgan fingerprint density at radius 3 is 2.11 bits per heavy atom. The molecular weight excluding hydrogens is 246 g/mol. The number of nitrogens with one attached hydrogen (secondary N) is 1. The van der Waals surface area contributed by atoms with Crippen molar-refractivity contribution >= 4 is 5.91 Å². The second-order valence-electron chi connectivity index (χ2n) is 4.16. The van der Waals surface area contributed by atoms with Crippen molar-refractivity contribution in [3.05, 3.63) is 35.9 Å². The molecule has 0 aliphatic rings. The minimum Gasteiger partial charge on any atom is -0.367 e. The van der Waals surface area contributed by atoms with Crippen LogP contribution in [0.2, 0.25) is 0 Å². The summed E-state index contributed by atoms with van der Waals surface area (Å²) in [5.41, 5.74) is 0.807. The van der Waals surface area contributed by atoms with Gasteiger partial charge in [-0.2, -0.15) is 0 Å². The Bertz CT molecular complexity index is 378. The molecule has 0 spiro atoms. The third-order valence-corrected chi connectivity index (χ3v) is 2.82. The predicted octanol–water partition coefficient (Wildman–Crippen LogP) is 1.50. The summed E-state index contributed by atoms with van der Waals surface area (Å²) in [5, 5.41) is 2.82. The second-order valence-corrected chi connectivity index (χ2v) is 4.16. The monoisotopic (exact) mass is 267 g/mol. The lowest BCUT2D eigenvalue weighted by Gasteiger charge is -2.24. The van der Waals surface area contributed by atoms with Gasteiger partial charge in [0.1, 0.15) is 0 Å². The van der Waals surface area contributed by atoms with E-state index in [1.807, 2.05) is 37.3 Å². The zero-order valence-corrected chi connectivity index (χ0v) is 11.8. The fourth-order valence-electron chi connectivity index (χ4n) is 1.89. The summed E-state index contributed by atoms with van der Waals surface area (Å²) in [7, 11) is 4.57.